The molecular weight excluding hydrogens is 288 g/mol. The first-order valence-corrected chi connectivity index (χ1v) is 8.06. The predicted molar refractivity (Wildman–Crippen MR) is 82.4 cm³/mol. The molecule has 1 atom stereocenters. The zero-order chi connectivity index (χ0) is 15.2. The minimum absolute atomic E-state index is 0.188. The van der Waals surface area contributed by atoms with E-state index in [0.29, 0.717) is 26.1 Å². The zero-order valence-electron chi connectivity index (χ0n) is 12.0. The molecule has 0 bridgehead atoms. The number of hydrogen-bond donors (Lipinski definition) is 2. The molecule has 1 aliphatic heterocycles. The first-order chi connectivity index (χ1) is 10.1. The summed E-state index contributed by atoms with van der Waals surface area (Å²) in [5, 5.41) is 11.8. The second-order valence-corrected chi connectivity index (χ2v) is 6.35. The Morgan fingerprint density at radius 2 is 2.29 bits per heavy atom. The van der Waals surface area contributed by atoms with Crippen LogP contribution in [0.4, 0.5) is 4.79 Å². The van der Waals surface area contributed by atoms with Crippen molar-refractivity contribution in [2.75, 3.05) is 18.8 Å². The van der Waals surface area contributed by atoms with Gasteiger partial charge in [-0.05, 0) is 29.9 Å². The summed E-state index contributed by atoms with van der Waals surface area (Å²) in [6, 6.07) is 7.89. The van der Waals surface area contributed by atoms with Gasteiger partial charge in [-0.3, -0.25) is 4.79 Å². The van der Waals surface area contributed by atoms with Crippen LogP contribution in [-0.2, 0) is 11.3 Å². The summed E-state index contributed by atoms with van der Waals surface area (Å²) in [6.07, 6.45) is 0.533. The highest BCUT2D eigenvalue weighted by Gasteiger charge is 2.30. The quantitative estimate of drug-likeness (QED) is 0.820. The van der Waals surface area contributed by atoms with Gasteiger partial charge < -0.3 is 15.3 Å². The average molecular weight is 308 g/mol. The molecule has 2 rings (SSSR count). The van der Waals surface area contributed by atoms with E-state index in [0.717, 1.165) is 11.3 Å². The third kappa shape index (κ3) is 4.39. The molecule has 1 unspecified atom stereocenters. The number of aliphatic carboxylic acids is 1. The monoisotopic (exact) mass is 308 g/mol. The van der Waals surface area contributed by atoms with Crippen LogP contribution < -0.4 is 5.32 Å². The van der Waals surface area contributed by atoms with Crippen LogP contribution in [0.1, 0.15) is 18.9 Å². The highest BCUT2D eigenvalue weighted by atomic mass is 32.2. The van der Waals surface area contributed by atoms with E-state index in [9.17, 15) is 9.59 Å². The smallest absolute Gasteiger partial charge is 0.317 e. The zero-order valence-corrected chi connectivity index (χ0v) is 12.9. The van der Waals surface area contributed by atoms with Crippen LogP contribution in [0.5, 0.6) is 0 Å². The highest BCUT2D eigenvalue weighted by molar-refractivity contribution is 7.99. The molecule has 0 aliphatic carbocycles. The predicted octanol–water partition coefficient (Wildman–Crippen LogP) is 2.41. The molecule has 2 amide bonds. The van der Waals surface area contributed by atoms with Gasteiger partial charge in [-0.2, -0.15) is 0 Å². The Labute approximate surface area is 128 Å². The van der Waals surface area contributed by atoms with Crippen LogP contribution in [0.15, 0.2) is 29.2 Å². The van der Waals surface area contributed by atoms with Crippen molar-refractivity contribution in [3.05, 3.63) is 29.8 Å². The number of likely N-dealkylation sites (tertiary alicyclic amines) is 1. The largest absolute Gasteiger partial charge is 0.481 e. The molecule has 1 fully saturated rings. The maximum absolute atomic E-state index is 12.0. The third-order valence-electron chi connectivity index (χ3n) is 3.48. The van der Waals surface area contributed by atoms with Crippen molar-refractivity contribution in [2.45, 2.75) is 24.8 Å². The molecule has 1 aliphatic rings. The second kappa shape index (κ2) is 7.36. The second-order valence-electron chi connectivity index (χ2n) is 5.01. The normalized spacial score (nSPS) is 17.8. The fourth-order valence-corrected chi connectivity index (χ4v) is 3.09. The number of amides is 2. The number of carboxylic acid groups (broad SMARTS) is 1. The number of nitrogens with zero attached hydrogens (tertiary/aromatic N) is 1. The summed E-state index contributed by atoms with van der Waals surface area (Å²) in [6.45, 7) is 3.37. The van der Waals surface area contributed by atoms with Crippen molar-refractivity contribution >= 4 is 23.8 Å². The van der Waals surface area contributed by atoms with Crippen molar-refractivity contribution in [2.24, 2.45) is 5.92 Å². The standard InChI is InChI=1S/C15H20N2O3S/c1-2-21-13-5-3-4-11(8-13)9-16-15(20)17-7-6-12(10-17)14(18)19/h3-5,8,12H,2,6-7,9-10H2,1H3,(H,16,20)(H,18,19). The van der Waals surface area contributed by atoms with Crippen molar-refractivity contribution in [3.8, 4) is 0 Å². The SMILES string of the molecule is CCSc1cccc(CNC(=O)N2CCC(C(=O)O)C2)c1. The minimum Gasteiger partial charge on any atom is -0.481 e. The topological polar surface area (TPSA) is 69.6 Å². The molecule has 114 valence electrons. The van der Waals surface area contributed by atoms with Crippen molar-refractivity contribution in [1.82, 2.24) is 10.2 Å². The molecule has 0 spiro atoms. The van der Waals surface area contributed by atoms with Gasteiger partial charge in [0.1, 0.15) is 0 Å². The van der Waals surface area contributed by atoms with Gasteiger partial charge >= 0.3 is 12.0 Å². The Morgan fingerprint density at radius 1 is 1.48 bits per heavy atom. The lowest BCUT2D eigenvalue weighted by Gasteiger charge is -2.17. The summed E-state index contributed by atoms with van der Waals surface area (Å²) >= 11 is 1.76. The van der Waals surface area contributed by atoms with Gasteiger partial charge in [-0.25, -0.2) is 4.79 Å². The van der Waals surface area contributed by atoms with E-state index >= 15 is 0 Å². The van der Waals surface area contributed by atoms with Crippen LogP contribution >= 0.6 is 11.8 Å². The minimum atomic E-state index is -0.824. The molecule has 1 aromatic rings. The molecule has 5 nitrogen and oxygen atoms in total. The average Bonchev–Trinajstić information content (AvgIpc) is 2.96. The molecule has 1 aromatic carbocycles. The molecule has 1 heterocycles. The molecule has 0 radical (unpaired) electrons. The lowest BCUT2D eigenvalue weighted by atomic mass is 10.1. The summed E-state index contributed by atoms with van der Waals surface area (Å²) in [5.74, 6) is -0.241. The Bertz CT molecular complexity index is 521. The van der Waals surface area contributed by atoms with Gasteiger partial charge in [0.2, 0.25) is 0 Å². The van der Waals surface area contributed by atoms with E-state index in [2.05, 4.69) is 24.4 Å². The summed E-state index contributed by atoms with van der Waals surface area (Å²) in [7, 11) is 0. The number of carbonyl (C=O) groups excluding carboxylic acids is 1. The van der Waals surface area contributed by atoms with E-state index in [-0.39, 0.29) is 6.03 Å². The van der Waals surface area contributed by atoms with Gasteiger partial charge in [0.15, 0.2) is 0 Å². The molecular formula is C15H20N2O3S. The molecule has 0 saturated carbocycles. The summed E-state index contributed by atoms with van der Waals surface area (Å²) in [5.41, 5.74) is 1.05. The van der Waals surface area contributed by atoms with Crippen LogP contribution in [0.2, 0.25) is 0 Å². The van der Waals surface area contributed by atoms with Crippen LogP contribution in [0.3, 0.4) is 0 Å². The van der Waals surface area contributed by atoms with E-state index in [1.165, 1.54) is 4.90 Å². The van der Waals surface area contributed by atoms with Crippen LogP contribution in [0.25, 0.3) is 0 Å². The van der Waals surface area contributed by atoms with Crippen molar-refractivity contribution < 1.29 is 14.7 Å². The summed E-state index contributed by atoms with van der Waals surface area (Å²) < 4.78 is 0. The maximum Gasteiger partial charge on any atom is 0.317 e. The molecule has 6 heteroatoms. The van der Waals surface area contributed by atoms with Gasteiger partial charge in [0.05, 0.1) is 5.92 Å². The number of benzene rings is 1. The molecule has 1 saturated heterocycles. The number of carboxylic acids is 1. The molecule has 21 heavy (non-hydrogen) atoms. The maximum atomic E-state index is 12.0. The number of carbonyl (C=O) groups is 2. The fourth-order valence-electron chi connectivity index (χ4n) is 2.35. The van der Waals surface area contributed by atoms with E-state index in [4.69, 9.17) is 5.11 Å². The number of thioether (sulfide) groups is 1. The molecule has 0 aromatic heterocycles. The van der Waals surface area contributed by atoms with Crippen LogP contribution in [0, 0.1) is 5.92 Å². The van der Waals surface area contributed by atoms with E-state index < -0.39 is 11.9 Å². The Kier molecular flexibility index (Phi) is 5.50. The molecule has 2 N–H and O–H groups in total. The van der Waals surface area contributed by atoms with Gasteiger partial charge in [0, 0.05) is 24.5 Å². The number of nitrogens with one attached hydrogen (secondary N) is 1. The van der Waals surface area contributed by atoms with Crippen molar-refractivity contribution in [1.29, 1.82) is 0 Å². The van der Waals surface area contributed by atoms with Gasteiger partial charge in [0.25, 0.3) is 0 Å². The Balaban J connectivity index is 1.84. The first kappa shape index (κ1) is 15.7. The Morgan fingerprint density at radius 3 is 2.95 bits per heavy atom. The summed E-state index contributed by atoms with van der Waals surface area (Å²) in [4.78, 5) is 25.7. The lowest BCUT2D eigenvalue weighted by Crippen LogP contribution is -2.38. The highest BCUT2D eigenvalue weighted by Crippen LogP contribution is 2.19. The van der Waals surface area contributed by atoms with Crippen molar-refractivity contribution in [3.63, 3.8) is 0 Å². The first-order valence-electron chi connectivity index (χ1n) is 7.07. The van der Waals surface area contributed by atoms with Gasteiger partial charge in [-0.1, -0.05) is 19.1 Å². The van der Waals surface area contributed by atoms with E-state index in [1.54, 1.807) is 16.7 Å². The lowest BCUT2D eigenvalue weighted by molar-refractivity contribution is -0.141. The van der Waals surface area contributed by atoms with Gasteiger partial charge in [-0.15, -0.1) is 11.8 Å². The van der Waals surface area contributed by atoms with Crippen LogP contribution in [-0.4, -0.2) is 40.8 Å². The number of urea groups is 1. The Hall–Kier alpha value is -1.69. The fraction of sp³-hybridized carbons (Fsp3) is 0.467. The van der Waals surface area contributed by atoms with E-state index in [1.807, 2.05) is 12.1 Å². The third-order valence-corrected chi connectivity index (χ3v) is 4.35. The number of rotatable bonds is 5. The number of hydrogen-bond acceptors (Lipinski definition) is 3.